The zero-order valence-corrected chi connectivity index (χ0v) is 12.0. The number of aliphatic carboxylic acids is 1. The van der Waals surface area contributed by atoms with Crippen LogP contribution in [0.15, 0.2) is 24.3 Å². The van der Waals surface area contributed by atoms with Gasteiger partial charge in [0.05, 0.1) is 6.42 Å². The van der Waals surface area contributed by atoms with Crippen LogP contribution in [0.4, 0.5) is 10.5 Å². The molecule has 0 atom stereocenters. The van der Waals surface area contributed by atoms with Crippen molar-refractivity contribution in [3.05, 3.63) is 29.8 Å². The number of hydrogen-bond donors (Lipinski definition) is 3. The van der Waals surface area contributed by atoms with Gasteiger partial charge in [0, 0.05) is 32.7 Å². The molecule has 0 fully saturated rings. The maximum Gasteiger partial charge on any atom is 0.321 e. The van der Waals surface area contributed by atoms with Gasteiger partial charge in [-0.05, 0) is 17.7 Å². The molecular formula is C14H19N3O4. The lowest BCUT2D eigenvalue weighted by atomic mass is 10.1. The van der Waals surface area contributed by atoms with Gasteiger partial charge in [-0.3, -0.25) is 9.59 Å². The number of urea groups is 1. The summed E-state index contributed by atoms with van der Waals surface area (Å²) in [5.74, 6) is -1.07. The van der Waals surface area contributed by atoms with Crippen LogP contribution < -0.4 is 10.6 Å². The number of nitrogens with zero attached hydrogens (tertiary/aromatic N) is 1. The third-order valence-electron chi connectivity index (χ3n) is 2.83. The van der Waals surface area contributed by atoms with Crippen molar-refractivity contribution in [3.8, 4) is 0 Å². The minimum atomic E-state index is -0.929. The molecule has 1 aromatic carbocycles. The molecule has 0 aromatic heterocycles. The van der Waals surface area contributed by atoms with E-state index in [-0.39, 0.29) is 24.8 Å². The smallest absolute Gasteiger partial charge is 0.321 e. The Morgan fingerprint density at radius 3 is 2.62 bits per heavy atom. The van der Waals surface area contributed by atoms with E-state index in [4.69, 9.17) is 5.11 Å². The molecule has 0 saturated heterocycles. The predicted molar refractivity (Wildman–Crippen MR) is 78.1 cm³/mol. The Hall–Kier alpha value is -2.57. The van der Waals surface area contributed by atoms with E-state index in [1.54, 1.807) is 31.3 Å². The molecule has 0 aliphatic carbocycles. The number of benzene rings is 1. The first-order valence-electron chi connectivity index (χ1n) is 6.46. The van der Waals surface area contributed by atoms with E-state index in [0.717, 1.165) is 0 Å². The third kappa shape index (κ3) is 5.94. The van der Waals surface area contributed by atoms with Crippen molar-refractivity contribution in [1.82, 2.24) is 10.2 Å². The van der Waals surface area contributed by atoms with Crippen molar-refractivity contribution in [2.45, 2.75) is 12.8 Å². The second kappa shape index (κ2) is 7.88. The molecule has 0 aliphatic rings. The highest BCUT2D eigenvalue weighted by Crippen LogP contribution is 2.12. The number of carboxylic acids is 1. The van der Waals surface area contributed by atoms with Gasteiger partial charge in [-0.25, -0.2) is 4.79 Å². The van der Waals surface area contributed by atoms with Gasteiger partial charge in [-0.1, -0.05) is 12.1 Å². The summed E-state index contributed by atoms with van der Waals surface area (Å²) in [4.78, 5) is 35.1. The van der Waals surface area contributed by atoms with Gasteiger partial charge in [0.25, 0.3) is 0 Å². The maximum absolute atomic E-state index is 11.9. The Morgan fingerprint density at radius 1 is 1.29 bits per heavy atom. The van der Waals surface area contributed by atoms with Crippen LogP contribution in [-0.2, 0) is 16.0 Å². The first kappa shape index (κ1) is 16.5. The lowest BCUT2D eigenvalue weighted by molar-refractivity contribution is -0.136. The lowest BCUT2D eigenvalue weighted by Gasteiger charge is -2.17. The summed E-state index contributed by atoms with van der Waals surface area (Å²) in [7, 11) is 3.12. The zero-order valence-electron chi connectivity index (χ0n) is 12.0. The molecule has 0 saturated carbocycles. The molecule has 0 aliphatic heterocycles. The summed E-state index contributed by atoms with van der Waals surface area (Å²) in [6, 6.07) is 6.29. The van der Waals surface area contributed by atoms with Gasteiger partial charge in [0.15, 0.2) is 0 Å². The Balaban J connectivity index is 2.57. The summed E-state index contributed by atoms with van der Waals surface area (Å²) in [6.45, 7) is 0.292. The highest BCUT2D eigenvalue weighted by Gasteiger charge is 2.11. The van der Waals surface area contributed by atoms with E-state index in [9.17, 15) is 14.4 Å². The van der Waals surface area contributed by atoms with Gasteiger partial charge < -0.3 is 20.6 Å². The summed E-state index contributed by atoms with van der Waals surface area (Å²) in [6.07, 6.45) is 0.121. The molecule has 21 heavy (non-hydrogen) atoms. The van der Waals surface area contributed by atoms with Crippen LogP contribution >= 0.6 is 0 Å². The van der Waals surface area contributed by atoms with Crippen molar-refractivity contribution in [1.29, 1.82) is 0 Å². The molecule has 3 amide bonds. The van der Waals surface area contributed by atoms with E-state index in [1.165, 1.54) is 11.9 Å². The standard InChI is InChI=1S/C14H19N3O4/c1-15-12(18)6-7-17(2)14(21)16-11-5-3-4-10(8-11)9-13(19)20/h3-5,8H,6-7,9H2,1-2H3,(H,15,18)(H,16,21)(H,19,20). The number of hydrogen-bond acceptors (Lipinski definition) is 3. The molecule has 0 unspecified atom stereocenters. The number of carbonyl (C=O) groups excluding carboxylic acids is 2. The lowest BCUT2D eigenvalue weighted by Crippen LogP contribution is -2.34. The molecule has 3 N–H and O–H groups in total. The zero-order chi connectivity index (χ0) is 15.8. The average Bonchev–Trinajstić information content (AvgIpc) is 2.43. The Labute approximate surface area is 122 Å². The highest BCUT2D eigenvalue weighted by molar-refractivity contribution is 5.89. The van der Waals surface area contributed by atoms with Gasteiger partial charge in [-0.2, -0.15) is 0 Å². The molecule has 1 rings (SSSR count). The van der Waals surface area contributed by atoms with E-state index in [2.05, 4.69) is 10.6 Å². The van der Waals surface area contributed by atoms with E-state index in [1.807, 2.05) is 0 Å². The summed E-state index contributed by atoms with van der Waals surface area (Å²) in [5, 5.41) is 13.9. The van der Waals surface area contributed by atoms with Crippen LogP contribution in [0.3, 0.4) is 0 Å². The molecule has 0 heterocycles. The summed E-state index contributed by atoms with van der Waals surface area (Å²) < 4.78 is 0. The minimum Gasteiger partial charge on any atom is -0.481 e. The van der Waals surface area contributed by atoms with Crippen LogP contribution in [0.1, 0.15) is 12.0 Å². The quantitative estimate of drug-likeness (QED) is 0.726. The minimum absolute atomic E-state index is 0.101. The average molecular weight is 293 g/mol. The number of carbonyl (C=O) groups is 3. The molecule has 114 valence electrons. The third-order valence-corrected chi connectivity index (χ3v) is 2.83. The fourth-order valence-electron chi connectivity index (χ4n) is 1.65. The maximum atomic E-state index is 11.9. The Kier molecular flexibility index (Phi) is 6.19. The van der Waals surface area contributed by atoms with Gasteiger partial charge in [0.2, 0.25) is 5.91 Å². The number of anilines is 1. The summed E-state index contributed by atoms with van der Waals surface area (Å²) in [5.41, 5.74) is 1.12. The van der Waals surface area contributed by atoms with Gasteiger partial charge >= 0.3 is 12.0 Å². The van der Waals surface area contributed by atoms with Crippen LogP contribution in [-0.4, -0.2) is 48.6 Å². The van der Waals surface area contributed by atoms with Gasteiger partial charge in [0.1, 0.15) is 0 Å². The second-order valence-corrected chi connectivity index (χ2v) is 4.55. The van der Waals surface area contributed by atoms with Crippen molar-refractivity contribution >= 4 is 23.6 Å². The molecule has 7 heteroatoms. The van der Waals surface area contributed by atoms with E-state index < -0.39 is 5.97 Å². The first-order chi connectivity index (χ1) is 9.92. The SMILES string of the molecule is CNC(=O)CCN(C)C(=O)Nc1cccc(CC(=O)O)c1. The molecule has 0 radical (unpaired) electrons. The topological polar surface area (TPSA) is 98.7 Å². The largest absolute Gasteiger partial charge is 0.481 e. The predicted octanol–water partition coefficient (Wildman–Crippen LogP) is 0.913. The van der Waals surface area contributed by atoms with Crippen LogP contribution in [0, 0.1) is 0 Å². The van der Waals surface area contributed by atoms with Crippen molar-refractivity contribution < 1.29 is 19.5 Å². The Morgan fingerprint density at radius 2 is 2.00 bits per heavy atom. The van der Waals surface area contributed by atoms with Crippen LogP contribution in [0.25, 0.3) is 0 Å². The van der Waals surface area contributed by atoms with E-state index >= 15 is 0 Å². The molecule has 1 aromatic rings. The van der Waals surface area contributed by atoms with Crippen molar-refractivity contribution in [2.24, 2.45) is 0 Å². The molecular weight excluding hydrogens is 274 g/mol. The fraction of sp³-hybridized carbons (Fsp3) is 0.357. The monoisotopic (exact) mass is 293 g/mol. The van der Waals surface area contributed by atoms with Crippen molar-refractivity contribution in [3.63, 3.8) is 0 Å². The van der Waals surface area contributed by atoms with Crippen LogP contribution in [0.5, 0.6) is 0 Å². The molecule has 7 nitrogen and oxygen atoms in total. The second-order valence-electron chi connectivity index (χ2n) is 4.55. The number of rotatable bonds is 6. The first-order valence-corrected chi connectivity index (χ1v) is 6.46. The number of amides is 3. The number of carboxylic acid groups (broad SMARTS) is 1. The van der Waals surface area contributed by atoms with Crippen molar-refractivity contribution in [2.75, 3.05) is 26.0 Å². The fourth-order valence-corrected chi connectivity index (χ4v) is 1.65. The van der Waals surface area contributed by atoms with Crippen LogP contribution in [0.2, 0.25) is 0 Å². The molecule has 0 spiro atoms. The highest BCUT2D eigenvalue weighted by atomic mass is 16.4. The number of nitrogens with one attached hydrogen (secondary N) is 2. The normalized spacial score (nSPS) is 9.81. The molecule has 0 bridgehead atoms. The Bertz CT molecular complexity index is 531. The van der Waals surface area contributed by atoms with Gasteiger partial charge in [-0.15, -0.1) is 0 Å². The summed E-state index contributed by atoms with van der Waals surface area (Å²) >= 11 is 0. The van der Waals surface area contributed by atoms with E-state index in [0.29, 0.717) is 17.8 Å².